The predicted molar refractivity (Wildman–Crippen MR) is 81.1 cm³/mol. The summed E-state index contributed by atoms with van der Waals surface area (Å²) in [4.78, 5) is 4.20. The quantitative estimate of drug-likeness (QED) is 0.911. The summed E-state index contributed by atoms with van der Waals surface area (Å²) in [6.07, 6.45) is 5.32. The second-order valence-corrected chi connectivity index (χ2v) is 5.76. The molecular weight excluding hydrogens is 302 g/mol. The van der Waals surface area contributed by atoms with Gasteiger partial charge in [0.15, 0.2) is 0 Å². The normalized spacial score (nSPS) is 14.1. The second-order valence-electron chi connectivity index (χ2n) is 4.85. The lowest BCUT2D eigenvalue weighted by Gasteiger charge is -2.31. The highest BCUT2D eigenvalue weighted by Gasteiger charge is 2.29. The number of pyridine rings is 1. The molecule has 0 fully saturated rings. The van der Waals surface area contributed by atoms with Crippen molar-refractivity contribution >= 4 is 15.9 Å². The van der Waals surface area contributed by atoms with Crippen LogP contribution in [0.25, 0.3) is 0 Å². The minimum atomic E-state index is -0.232. The maximum absolute atomic E-state index is 9.93. The Kier molecular flexibility index (Phi) is 4.72. The zero-order valence-electron chi connectivity index (χ0n) is 11.0. The van der Waals surface area contributed by atoms with Crippen LogP contribution < -0.4 is 0 Å². The van der Waals surface area contributed by atoms with E-state index >= 15 is 0 Å². The van der Waals surface area contributed by atoms with E-state index in [-0.39, 0.29) is 12.0 Å². The molecule has 0 saturated carbocycles. The molecule has 19 heavy (non-hydrogen) atoms. The maximum Gasteiger partial charge on any atom is 0.0531 e. The Morgan fingerprint density at radius 2 is 1.95 bits per heavy atom. The van der Waals surface area contributed by atoms with Crippen LogP contribution in [-0.4, -0.2) is 16.7 Å². The minimum absolute atomic E-state index is 0.139. The summed E-state index contributed by atoms with van der Waals surface area (Å²) in [5.41, 5.74) is 2.08. The molecule has 2 aromatic rings. The van der Waals surface area contributed by atoms with Crippen LogP contribution in [0.2, 0.25) is 0 Å². The van der Waals surface area contributed by atoms with Crippen LogP contribution in [0.1, 0.15) is 24.5 Å². The molecule has 0 radical (unpaired) electrons. The van der Waals surface area contributed by atoms with Gasteiger partial charge in [0.25, 0.3) is 0 Å². The Hall–Kier alpha value is -1.19. The Balaban J connectivity index is 2.35. The van der Waals surface area contributed by atoms with Crippen LogP contribution in [0.5, 0.6) is 0 Å². The van der Waals surface area contributed by atoms with Crippen LogP contribution in [0, 0.1) is 0 Å². The number of hydrogen-bond donors (Lipinski definition) is 1. The van der Waals surface area contributed by atoms with Crippen molar-refractivity contribution in [2.24, 2.45) is 0 Å². The molecule has 1 unspecified atom stereocenters. The van der Waals surface area contributed by atoms with Crippen molar-refractivity contribution in [3.63, 3.8) is 0 Å². The van der Waals surface area contributed by atoms with Gasteiger partial charge in [-0.15, -0.1) is 0 Å². The van der Waals surface area contributed by atoms with E-state index in [0.29, 0.717) is 0 Å². The lowest BCUT2D eigenvalue weighted by atomic mass is 9.74. The molecule has 0 aliphatic rings. The number of rotatable bonds is 5. The topological polar surface area (TPSA) is 33.1 Å². The number of benzene rings is 1. The SMILES string of the molecule is CCC(CO)(Cc1cncc(Br)c1)c1ccccc1. The van der Waals surface area contributed by atoms with Crippen LogP contribution in [-0.2, 0) is 11.8 Å². The van der Waals surface area contributed by atoms with Gasteiger partial charge in [-0.05, 0) is 46.0 Å². The highest BCUT2D eigenvalue weighted by Crippen LogP contribution is 2.32. The van der Waals surface area contributed by atoms with E-state index in [4.69, 9.17) is 0 Å². The largest absolute Gasteiger partial charge is 0.395 e. The summed E-state index contributed by atoms with van der Waals surface area (Å²) in [6, 6.07) is 12.3. The molecule has 0 saturated heterocycles. The zero-order valence-corrected chi connectivity index (χ0v) is 12.6. The van der Waals surface area contributed by atoms with Crippen molar-refractivity contribution in [2.45, 2.75) is 25.2 Å². The van der Waals surface area contributed by atoms with E-state index < -0.39 is 0 Å². The molecule has 1 aromatic carbocycles. The third kappa shape index (κ3) is 3.23. The molecular formula is C16H18BrNO. The van der Waals surface area contributed by atoms with Gasteiger partial charge < -0.3 is 5.11 Å². The molecule has 100 valence electrons. The average Bonchev–Trinajstić information content (AvgIpc) is 2.46. The Morgan fingerprint density at radius 1 is 1.21 bits per heavy atom. The van der Waals surface area contributed by atoms with Crippen molar-refractivity contribution in [1.82, 2.24) is 4.98 Å². The van der Waals surface area contributed by atoms with Crippen molar-refractivity contribution in [1.29, 1.82) is 0 Å². The fourth-order valence-electron chi connectivity index (χ4n) is 2.43. The van der Waals surface area contributed by atoms with Gasteiger partial charge in [-0.25, -0.2) is 0 Å². The first kappa shape index (κ1) is 14.2. The van der Waals surface area contributed by atoms with E-state index in [1.54, 1.807) is 6.20 Å². The van der Waals surface area contributed by atoms with E-state index in [2.05, 4.69) is 46.0 Å². The van der Waals surface area contributed by atoms with Gasteiger partial charge >= 0.3 is 0 Å². The zero-order chi connectivity index (χ0) is 13.7. The van der Waals surface area contributed by atoms with Gasteiger partial charge in [0.2, 0.25) is 0 Å². The fraction of sp³-hybridized carbons (Fsp3) is 0.312. The molecule has 2 rings (SSSR count). The summed E-state index contributed by atoms with van der Waals surface area (Å²) < 4.78 is 0.973. The molecule has 0 aliphatic carbocycles. The predicted octanol–water partition coefficient (Wildman–Crippen LogP) is 3.73. The van der Waals surface area contributed by atoms with Gasteiger partial charge in [0.05, 0.1) is 6.61 Å². The smallest absolute Gasteiger partial charge is 0.0531 e. The third-order valence-corrected chi connectivity index (χ3v) is 4.10. The molecule has 0 aliphatic heterocycles. The van der Waals surface area contributed by atoms with Crippen molar-refractivity contribution in [2.75, 3.05) is 6.61 Å². The summed E-state index contributed by atoms with van der Waals surface area (Å²) in [5, 5.41) is 9.93. The van der Waals surface area contributed by atoms with E-state index in [1.807, 2.05) is 24.4 Å². The molecule has 0 bridgehead atoms. The Morgan fingerprint density at radius 3 is 2.53 bits per heavy atom. The van der Waals surface area contributed by atoms with Crippen molar-refractivity contribution in [3.8, 4) is 0 Å². The molecule has 1 atom stereocenters. The van der Waals surface area contributed by atoms with Gasteiger partial charge in [0, 0.05) is 22.3 Å². The summed E-state index contributed by atoms with van der Waals surface area (Å²) in [6.45, 7) is 2.26. The number of nitrogens with zero attached hydrogens (tertiary/aromatic N) is 1. The molecule has 2 nitrogen and oxygen atoms in total. The number of aromatic nitrogens is 1. The molecule has 0 amide bonds. The molecule has 1 aromatic heterocycles. The number of aliphatic hydroxyl groups excluding tert-OH is 1. The highest BCUT2D eigenvalue weighted by atomic mass is 79.9. The highest BCUT2D eigenvalue weighted by molar-refractivity contribution is 9.10. The van der Waals surface area contributed by atoms with E-state index in [1.165, 1.54) is 5.56 Å². The lowest BCUT2D eigenvalue weighted by Crippen LogP contribution is -2.32. The van der Waals surface area contributed by atoms with Gasteiger partial charge in [-0.2, -0.15) is 0 Å². The van der Waals surface area contributed by atoms with Crippen molar-refractivity contribution < 1.29 is 5.11 Å². The molecule has 3 heteroatoms. The first-order valence-corrected chi connectivity index (χ1v) is 7.25. The Labute approximate surface area is 122 Å². The van der Waals surface area contributed by atoms with Crippen molar-refractivity contribution in [3.05, 3.63) is 64.4 Å². The van der Waals surface area contributed by atoms with Gasteiger partial charge in [-0.1, -0.05) is 37.3 Å². The Bertz CT molecular complexity index is 523. The van der Waals surface area contributed by atoms with E-state index in [0.717, 1.165) is 22.9 Å². The number of aliphatic hydroxyl groups is 1. The summed E-state index contributed by atoms with van der Waals surface area (Å²) >= 11 is 3.44. The van der Waals surface area contributed by atoms with Crippen LogP contribution in [0.3, 0.4) is 0 Å². The van der Waals surface area contributed by atoms with Gasteiger partial charge in [0.1, 0.15) is 0 Å². The second kappa shape index (κ2) is 6.31. The van der Waals surface area contributed by atoms with Crippen LogP contribution in [0.15, 0.2) is 53.3 Å². The fourth-order valence-corrected chi connectivity index (χ4v) is 2.84. The first-order chi connectivity index (χ1) is 9.20. The lowest BCUT2D eigenvalue weighted by molar-refractivity contribution is 0.186. The first-order valence-electron chi connectivity index (χ1n) is 6.46. The van der Waals surface area contributed by atoms with Gasteiger partial charge in [-0.3, -0.25) is 4.98 Å². The molecule has 0 spiro atoms. The monoisotopic (exact) mass is 319 g/mol. The summed E-state index contributed by atoms with van der Waals surface area (Å²) in [5.74, 6) is 0. The van der Waals surface area contributed by atoms with Crippen LogP contribution in [0.4, 0.5) is 0 Å². The molecule has 1 N–H and O–H groups in total. The molecule has 1 heterocycles. The standard InChI is InChI=1S/C16H18BrNO/c1-2-16(12-19,14-6-4-3-5-7-14)9-13-8-15(17)11-18-10-13/h3-8,10-11,19H,2,9,12H2,1H3. The maximum atomic E-state index is 9.93. The number of halogens is 1. The summed E-state index contributed by atoms with van der Waals surface area (Å²) in [7, 11) is 0. The van der Waals surface area contributed by atoms with Crippen LogP contribution >= 0.6 is 15.9 Å². The average molecular weight is 320 g/mol. The van der Waals surface area contributed by atoms with E-state index in [9.17, 15) is 5.11 Å². The number of hydrogen-bond acceptors (Lipinski definition) is 2. The minimum Gasteiger partial charge on any atom is -0.395 e. The third-order valence-electron chi connectivity index (χ3n) is 3.67.